The van der Waals surface area contributed by atoms with Crippen LogP contribution >= 0.6 is 0 Å². The summed E-state index contributed by atoms with van der Waals surface area (Å²) in [6, 6.07) is 24.7. The van der Waals surface area contributed by atoms with Crippen molar-refractivity contribution in [1.29, 1.82) is 0 Å². The van der Waals surface area contributed by atoms with Crippen LogP contribution < -0.4 is 9.47 Å². The van der Waals surface area contributed by atoms with E-state index in [0.29, 0.717) is 30.3 Å². The Hall–Kier alpha value is -4.06. The zero-order valence-electron chi connectivity index (χ0n) is 18.4. The number of hydrogen-bond donors (Lipinski definition) is 0. The lowest BCUT2D eigenvalue weighted by atomic mass is 10.1. The highest BCUT2D eigenvalue weighted by Crippen LogP contribution is 2.30. The third kappa shape index (κ3) is 5.80. The van der Waals surface area contributed by atoms with Gasteiger partial charge in [-0.2, -0.15) is 0 Å². The molecule has 3 aromatic carbocycles. The molecule has 33 heavy (non-hydrogen) atoms. The molecule has 1 saturated heterocycles. The van der Waals surface area contributed by atoms with Crippen LogP contribution in [0.15, 0.2) is 84.4 Å². The maximum atomic E-state index is 12.4. The molecule has 1 aliphatic heterocycles. The van der Waals surface area contributed by atoms with Crippen LogP contribution in [0.4, 0.5) is 0 Å². The van der Waals surface area contributed by atoms with Crippen molar-refractivity contribution in [1.82, 2.24) is 0 Å². The van der Waals surface area contributed by atoms with E-state index < -0.39 is 17.7 Å². The number of cyclic esters (lactones) is 2. The molecule has 0 aromatic heterocycles. The zero-order chi connectivity index (χ0) is 23.3. The van der Waals surface area contributed by atoms with E-state index in [1.54, 1.807) is 18.2 Å². The Morgan fingerprint density at radius 2 is 1.30 bits per heavy atom. The van der Waals surface area contributed by atoms with Crippen LogP contribution in [-0.4, -0.2) is 17.7 Å². The topological polar surface area (TPSA) is 71.1 Å². The summed E-state index contributed by atoms with van der Waals surface area (Å²) in [4.78, 5) is 24.9. The molecule has 0 aliphatic carbocycles. The molecule has 3 aromatic rings. The largest absolute Gasteiger partial charge is 0.489 e. The second-order valence-electron chi connectivity index (χ2n) is 7.99. The van der Waals surface area contributed by atoms with Crippen molar-refractivity contribution in [3.05, 3.63) is 101 Å². The van der Waals surface area contributed by atoms with Gasteiger partial charge < -0.3 is 18.9 Å². The summed E-state index contributed by atoms with van der Waals surface area (Å²) in [7, 11) is 0. The number of carbonyl (C=O) groups excluding carboxylic acids is 2. The van der Waals surface area contributed by atoms with E-state index >= 15 is 0 Å². The third-order valence-corrected chi connectivity index (χ3v) is 4.88. The summed E-state index contributed by atoms with van der Waals surface area (Å²) >= 11 is 0. The van der Waals surface area contributed by atoms with Crippen LogP contribution in [0.2, 0.25) is 0 Å². The first-order valence-corrected chi connectivity index (χ1v) is 10.6. The smallest absolute Gasteiger partial charge is 0.348 e. The highest BCUT2D eigenvalue weighted by atomic mass is 16.7. The average molecular weight is 444 g/mol. The van der Waals surface area contributed by atoms with Crippen molar-refractivity contribution in [2.24, 2.45) is 0 Å². The average Bonchev–Trinajstić information content (AvgIpc) is 2.80. The van der Waals surface area contributed by atoms with Crippen molar-refractivity contribution in [3.63, 3.8) is 0 Å². The maximum absolute atomic E-state index is 12.4. The van der Waals surface area contributed by atoms with Crippen LogP contribution in [-0.2, 0) is 32.3 Å². The summed E-state index contributed by atoms with van der Waals surface area (Å²) in [5.74, 6) is -1.75. The minimum absolute atomic E-state index is 0.209. The van der Waals surface area contributed by atoms with E-state index in [9.17, 15) is 9.59 Å². The number of hydrogen-bond acceptors (Lipinski definition) is 6. The molecule has 6 nitrogen and oxygen atoms in total. The lowest BCUT2D eigenvalue weighted by Crippen LogP contribution is -2.41. The molecular weight excluding hydrogens is 420 g/mol. The molecule has 0 atom stereocenters. The second-order valence-corrected chi connectivity index (χ2v) is 7.99. The van der Waals surface area contributed by atoms with E-state index in [-0.39, 0.29) is 5.57 Å². The highest BCUT2D eigenvalue weighted by Gasteiger charge is 2.39. The molecule has 0 radical (unpaired) electrons. The molecular formula is C27H24O6. The van der Waals surface area contributed by atoms with Crippen molar-refractivity contribution in [2.75, 3.05) is 0 Å². The Morgan fingerprint density at radius 1 is 0.758 bits per heavy atom. The third-order valence-electron chi connectivity index (χ3n) is 4.88. The van der Waals surface area contributed by atoms with Gasteiger partial charge in [-0.25, -0.2) is 9.59 Å². The Kier molecular flexibility index (Phi) is 6.45. The highest BCUT2D eigenvalue weighted by molar-refractivity contribution is 6.19. The first-order valence-electron chi connectivity index (χ1n) is 10.6. The molecule has 0 saturated carbocycles. The molecule has 1 heterocycles. The van der Waals surface area contributed by atoms with Gasteiger partial charge in [0, 0.05) is 19.4 Å². The summed E-state index contributed by atoms with van der Waals surface area (Å²) in [5.41, 5.74) is 2.29. The fraction of sp³-hybridized carbons (Fsp3) is 0.185. The number of carbonyl (C=O) groups is 2. The van der Waals surface area contributed by atoms with Crippen molar-refractivity contribution < 1.29 is 28.5 Å². The molecule has 1 aliphatic rings. The lowest BCUT2D eigenvalue weighted by Gasteiger charge is -2.29. The zero-order valence-corrected chi connectivity index (χ0v) is 18.4. The summed E-state index contributed by atoms with van der Waals surface area (Å²) in [5, 5.41) is 0. The van der Waals surface area contributed by atoms with E-state index in [1.807, 2.05) is 60.7 Å². The van der Waals surface area contributed by atoms with Gasteiger partial charge >= 0.3 is 11.9 Å². The van der Waals surface area contributed by atoms with E-state index in [4.69, 9.17) is 18.9 Å². The van der Waals surface area contributed by atoms with Crippen molar-refractivity contribution >= 4 is 18.0 Å². The van der Waals surface area contributed by atoms with Gasteiger partial charge in [0.2, 0.25) is 0 Å². The molecule has 0 unspecified atom stereocenters. The van der Waals surface area contributed by atoms with E-state index in [2.05, 4.69) is 0 Å². The molecule has 6 heteroatoms. The number of rotatable bonds is 7. The minimum atomic E-state index is -1.31. The SMILES string of the molecule is CC1(C)OC(=O)C(=Cc2cc(OCc3ccccc3)ccc2OCc2ccccc2)C(=O)O1. The molecule has 1 fully saturated rings. The fourth-order valence-electron chi connectivity index (χ4n) is 3.27. The normalized spacial score (nSPS) is 14.8. The minimum Gasteiger partial charge on any atom is -0.489 e. The van der Waals surface area contributed by atoms with Crippen LogP contribution in [0.1, 0.15) is 30.5 Å². The standard InChI is InChI=1S/C27H24O6/c1-27(2)32-25(28)23(26(29)33-27)16-21-15-22(30-17-19-9-5-3-6-10-19)13-14-24(21)31-18-20-11-7-4-8-12-20/h3-16H,17-18H2,1-2H3. The molecule has 4 rings (SSSR count). The quantitative estimate of drug-likeness (QED) is 0.288. The number of ether oxygens (including phenoxy) is 4. The molecule has 0 N–H and O–H groups in total. The first-order chi connectivity index (χ1) is 15.9. The second kappa shape index (κ2) is 9.61. The number of esters is 2. The van der Waals surface area contributed by atoms with Gasteiger partial charge in [-0.05, 0) is 35.4 Å². The number of benzene rings is 3. The monoisotopic (exact) mass is 444 g/mol. The van der Waals surface area contributed by atoms with Gasteiger partial charge in [0.1, 0.15) is 30.3 Å². The van der Waals surface area contributed by atoms with E-state index in [1.165, 1.54) is 19.9 Å². The molecule has 168 valence electrons. The van der Waals surface area contributed by atoms with Gasteiger partial charge in [-0.3, -0.25) is 0 Å². The van der Waals surface area contributed by atoms with Crippen LogP contribution in [0.25, 0.3) is 6.08 Å². The van der Waals surface area contributed by atoms with Crippen molar-refractivity contribution in [2.45, 2.75) is 32.8 Å². The Labute approximate surface area is 192 Å². The Balaban J connectivity index is 1.61. The van der Waals surface area contributed by atoms with Gasteiger partial charge in [-0.1, -0.05) is 60.7 Å². The van der Waals surface area contributed by atoms with Crippen molar-refractivity contribution in [3.8, 4) is 11.5 Å². The van der Waals surface area contributed by atoms with Crippen LogP contribution in [0, 0.1) is 0 Å². The molecule has 0 bridgehead atoms. The Bertz CT molecular complexity index is 1140. The summed E-state index contributed by atoms with van der Waals surface area (Å²) in [6.45, 7) is 3.71. The Morgan fingerprint density at radius 3 is 1.88 bits per heavy atom. The van der Waals surface area contributed by atoms with Gasteiger partial charge in [0.15, 0.2) is 0 Å². The first kappa shape index (κ1) is 22.1. The van der Waals surface area contributed by atoms with Gasteiger partial charge in [-0.15, -0.1) is 0 Å². The van der Waals surface area contributed by atoms with E-state index in [0.717, 1.165) is 11.1 Å². The van der Waals surface area contributed by atoms with Gasteiger partial charge in [0.25, 0.3) is 5.79 Å². The molecule has 0 spiro atoms. The maximum Gasteiger partial charge on any atom is 0.348 e. The lowest BCUT2D eigenvalue weighted by molar-refractivity contribution is -0.222. The molecule has 0 amide bonds. The predicted octanol–water partition coefficient (Wildman–Crippen LogP) is 5.06. The van der Waals surface area contributed by atoms with Crippen LogP contribution in [0.3, 0.4) is 0 Å². The van der Waals surface area contributed by atoms with Crippen LogP contribution in [0.5, 0.6) is 11.5 Å². The summed E-state index contributed by atoms with van der Waals surface area (Å²) in [6.07, 6.45) is 1.41. The predicted molar refractivity (Wildman–Crippen MR) is 122 cm³/mol. The fourth-order valence-corrected chi connectivity index (χ4v) is 3.27. The summed E-state index contributed by atoms with van der Waals surface area (Å²) < 4.78 is 22.3. The van der Waals surface area contributed by atoms with Gasteiger partial charge in [0.05, 0.1) is 0 Å².